The van der Waals surface area contributed by atoms with Gasteiger partial charge in [0.15, 0.2) is 0 Å². The minimum atomic E-state index is -1.04. The molecular weight excluding hydrogens is 250 g/mol. The molecule has 0 saturated heterocycles. The summed E-state index contributed by atoms with van der Waals surface area (Å²) < 4.78 is 0. The van der Waals surface area contributed by atoms with Crippen LogP contribution in [0, 0.1) is 5.92 Å². The topological polar surface area (TPSA) is 118 Å². The van der Waals surface area contributed by atoms with E-state index in [0.717, 1.165) is 13.3 Å². The zero-order valence-electron chi connectivity index (χ0n) is 11.6. The summed E-state index contributed by atoms with van der Waals surface area (Å²) in [5, 5.41) is 4.21. The normalized spacial score (nSPS) is 15.0. The van der Waals surface area contributed by atoms with Crippen LogP contribution in [0.3, 0.4) is 0 Å². The Balaban J connectivity index is 4.48. The second-order valence-electron chi connectivity index (χ2n) is 4.52. The molecule has 4 N–H and O–H groups in total. The van der Waals surface area contributed by atoms with Crippen LogP contribution in [0.2, 0.25) is 0 Å². The maximum absolute atomic E-state index is 11.7. The Morgan fingerprint density at radius 1 is 1.16 bits per heavy atom. The molecule has 108 valence electrons. The molecule has 0 saturated carbocycles. The number of ketones is 1. The van der Waals surface area contributed by atoms with E-state index in [0.29, 0.717) is 0 Å². The van der Waals surface area contributed by atoms with Gasteiger partial charge in [0.25, 0.3) is 5.91 Å². The first-order valence-corrected chi connectivity index (χ1v) is 6.12. The molecule has 7 nitrogen and oxygen atoms in total. The highest BCUT2D eigenvalue weighted by atomic mass is 16.2. The fraction of sp³-hybridized carbons (Fsp3) is 0.667. The molecule has 0 aromatic carbocycles. The van der Waals surface area contributed by atoms with Crippen molar-refractivity contribution >= 4 is 23.5 Å². The number of carbonyl (C=O) groups is 4. The van der Waals surface area contributed by atoms with E-state index in [4.69, 9.17) is 5.73 Å². The third kappa shape index (κ3) is 5.60. The average Bonchev–Trinajstić information content (AvgIpc) is 2.34. The van der Waals surface area contributed by atoms with Crippen LogP contribution >= 0.6 is 0 Å². The Bertz CT molecular complexity index is 381. The SMILES string of the molecule is CC[C@H](C)[C@H](N)C(=O)N[C@@H](C)C(=O)C(=O)NC(C)=O. The van der Waals surface area contributed by atoms with E-state index in [9.17, 15) is 19.2 Å². The van der Waals surface area contributed by atoms with E-state index in [1.54, 1.807) is 0 Å². The summed E-state index contributed by atoms with van der Waals surface area (Å²) in [5.41, 5.74) is 5.70. The van der Waals surface area contributed by atoms with Crippen LogP contribution in [0.4, 0.5) is 0 Å². The minimum Gasteiger partial charge on any atom is -0.345 e. The summed E-state index contributed by atoms with van der Waals surface area (Å²) in [6.07, 6.45) is 0.724. The molecule has 0 aliphatic rings. The van der Waals surface area contributed by atoms with E-state index in [1.165, 1.54) is 6.92 Å². The summed E-state index contributed by atoms with van der Waals surface area (Å²) in [6, 6.07) is -1.77. The number of amides is 3. The maximum atomic E-state index is 11.7. The molecule has 0 aromatic rings. The lowest BCUT2D eigenvalue weighted by Crippen LogP contribution is -2.52. The van der Waals surface area contributed by atoms with Gasteiger partial charge >= 0.3 is 0 Å². The van der Waals surface area contributed by atoms with Crippen molar-refractivity contribution in [3.63, 3.8) is 0 Å². The van der Waals surface area contributed by atoms with E-state index >= 15 is 0 Å². The largest absolute Gasteiger partial charge is 0.345 e. The van der Waals surface area contributed by atoms with Gasteiger partial charge in [-0.15, -0.1) is 0 Å². The molecule has 0 heterocycles. The van der Waals surface area contributed by atoms with E-state index < -0.39 is 35.6 Å². The molecule has 0 aliphatic heterocycles. The third-order valence-electron chi connectivity index (χ3n) is 2.83. The monoisotopic (exact) mass is 271 g/mol. The van der Waals surface area contributed by atoms with Crippen molar-refractivity contribution in [3.05, 3.63) is 0 Å². The third-order valence-corrected chi connectivity index (χ3v) is 2.83. The zero-order chi connectivity index (χ0) is 15.2. The second-order valence-corrected chi connectivity index (χ2v) is 4.52. The van der Waals surface area contributed by atoms with Crippen molar-refractivity contribution in [3.8, 4) is 0 Å². The van der Waals surface area contributed by atoms with E-state index in [1.807, 2.05) is 19.2 Å². The standard InChI is InChI=1S/C12H21N3O4/c1-5-6(2)9(13)11(18)14-7(3)10(17)12(19)15-8(4)16/h6-7,9H,5,13H2,1-4H3,(H,14,18)(H,15,16,19)/t6-,7-,9-/m0/s1. The number of hydrogen-bond donors (Lipinski definition) is 3. The number of rotatable bonds is 6. The molecule has 0 aromatic heterocycles. The minimum absolute atomic E-state index is 0.0339. The van der Waals surface area contributed by atoms with Gasteiger partial charge in [0, 0.05) is 6.92 Å². The van der Waals surface area contributed by atoms with Gasteiger partial charge in [-0.3, -0.25) is 24.5 Å². The van der Waals surface area contributed by atoms with Gasteiger partial charge in [0.2, 0.25) is 17.6 Å². The lowest BCUT2D eigenvalue weighted by atomic mass is 9.99. The number of Topliss-reactive ketones (excluding diaryl/α,β-unsaturated/α-hetero) is 1. The van der Waals surface area contributed by atoms with Gasteiger partial charge in [-0.25, -0.2) is 0 Å². The molecule has 19 heavy (non-hydrogen) atoms. The van der Waals surface area contributed by atoms with Gasteiger partial charge in [0.1, 0.15) is 0 Å². The molecule has 0 fully saturated rings. The van der Waals surface area contributed by atoms with Crippen LogP contribution in [0.25, 0.3) is 0 Å². The van der Waals surface area contributed by atoms with Crippen LogP contribution in [0.15, 0.2) is 0 Å². The number of nitrogens with one attached hydrogen (secondary N) is 2. The smallest absolute Gasteiger partial charge is 0.296 e. The van der Waals surface area contributed by atoms with Crippen LogP contribution < -0.4 is 16.4 Å². The van der Waals surface area contributed by atoms with Gasteiger partial charge in [-0.1, -0.05) is 20.3 Å². The molecule has 7 heteroatoms. The molecule has 0 aliphatic carbocycles. The van der Waals surface area contributed by atoms with Crippen LogP contribution in [0.5, 0.6) is 0 Å². The van der Waals surface area contributed by atoms with Gasteiger partial charge in [-0.2, -0.15) is 0 Å². The Kier molecular flexibility index (Phi) is 6.92. The molecule has 3 amide bonds. The highest BCUT2D eigenvalue weighted by Crippen LogP contribution is 2.05. The van der Waals surface area contributed by atoms with Crippen LogP contribution in [0.1, 0.15) is 34.1 Å². The zero-order valence-corrected chi connectivity index (χ0v) is 11.6. The molecular formula is C12H21N3O4. The van der Waals surface area contributed by atoms with E-state index in [-0.39, 0.29) is 5.92 Å². The predicted molar refractivity (Wildman–Crippen MR) is 68.9 cm³/mol. The summed E-state index contributed by atoms with van der Waals surface area (Å²) in [7, 11) is 0. The fourth-order valence-electron chi connectivity index (χ4n) is 1.31. The summed E-state index contributed by atoms with van der Waals surface area (Å²) >= 11 is 0. The average molecular weight is 271 g/mol. The highest BCUT2D eigenvalue weighted by molar-refractivity contribution is 6.40. The summed E-state index contributed by atoms with van der Waals surface area (Å²) in [5.74, 6) is -3.09. The van der Waals surface area contributed by atoms with Crippen molar-refractivity contribution in [2.45, 2.75) is 46.2 Å². The number of imide groups is 1. The lowest BCUT2D eigenvalue weighted by Gasteiger charge is -2.20. The van der Waals surface area contributed by atoms with Crippen molar-refractivity contribution in [1.82, 2.24) is 10.6 Å². The molecule has 0 bridgehead atoms. The number of nitrogens with two attached hydrogens (primary N) is 1. The second kappa shape index (κ2) is 7.63. The van der Waals surface area contributed by atoms with Crippen molar-refractivity contribution in [1.29, 1.82) is 0 Å². The number of carbonyl (C=O) groups excluding carboxylic acids is 4. The molecule has 0 spiro atoms. The lowest BCUT2D eigenvalue weighted by molar-refractivity contribution is -0.142. The highest BCUT2D eigenvalue weighted by Gasteiger charge is 2.27. The Labute approximate surface area is 112 Å². The fourth-order valence-corrected chi connectivity index (χ4v) is 1.31. The van der Waals surface area contributed by atoms with Crippen LogP contribution in [-0.4, -0.2) is 35.6 Å². The summed E-state index contributed by atoms with van der Waals surface area (Å²) in [6.45, 7) is 6.20. The van der Waals surface area contributed by atoms with Crippen molar-refractivity contribution in [2.24, 2.45) is 11.7 Å². The van der Waals surface area contributed by atoms with Crippen molar-refractivity contribution < 1.29 is 19.2 Å². The van der Waals surface area contributed by atoms with Gasteiger partial charge < -0.3 is 11.1 Å². The first-order chi connectivity index (χ1) is 8.70. The maximum Gasteiger partial charge on any atom is 0.296 e. The van der Waals surface area contributed by atoms with Gasteiger partial charge in [-0.05, 0) is 12.8 Å². The molecule has 0 rings (SSSR count). The Hall–Kier alpha value is -1.76. The predicted octanol–water partition coefficient (Wildman–Crippen LogP) is -0.904. The van der Waals surface area contributed by atoms with Crippen molar-refractivity contribution in [2.75, 3.05) is 0 Å². The Morgan fingerprint density at radius 2 is 1.68 bits per heavy atom. The molecule has 3 atom stereocenters. The van der Waals surface area contributed by atoms with Gasteiger partial charge in [0.05, 0.1) is 12.1 Å². The first kappa shape index (κ1) is 17.2. The molecule has 0 unspecified atom stereocenters. The quantitative estimate of drug-likeness (QED) is 0.541. The first-order valence-electron chi connectivity index (χ1n) is 6.12. The van der Waals surface area contributed by atoms with Crippen LogP contribution in [-0.2, 0) is 19.2 Å². The van der Waals surface area contributed by atoms with E-state index in [2.05, 4.69) is 5.32 Å². The molecule has 0 radical (unpaired) electrons. The summed E-state index contributed by atoms with van der Waals surface area (Å²) in [4.78, 5) is 45.2. The number of hydrogen-bond acceptors (Lipinski definition) is 5. The Morgan fingerprint density at radius 3 is 2.11 bits per heavy atom.